The second-order valence-corrected chi connectivity index (χ2v) is 7.53. The van der Waals surface area contributed by atoms with Crippen LogP contribution >= 0.6 is 0 Å². The van der Waals surface area contributed by atoms with Crippen molar-refractivity contribution in [2.75, 3.05) is 17.2 Å². The van der Waals surface area contributed by atoms with Gasteiger partial charge in [0.15, 0.2) is 5.69 Å². The number of carbonyl (C=O) groups is 1. The summed E-state index contributed by atoms with van der Waals surface area (Å²) < 4.78 is 7.17. The van der Waals surface area contributed by atoms with Crippen LogP contribution in [0.25, 0.3) is 0 Å². The van der Waals surface area contributed by atoms with Gasteiger partial charge >= 0.3 is 5.69 Å². The van der Waals surface area contributed by atoms with E-state index in [9.17, 15) is 14.4 Å². The third-order valence-electron chi connectivity index (χ3n) is 5.32. The Morgan fingerprint density at radius 1 is 0.941 bits per heavy atom. The number of aromatic nitrogens is 2. The van der Waals surface area contributed by atoms with Crippen molar-refractivity contribution in [1.82, 2.24) is 9.55 Å². The normalized spacial score (nSPS) is 10.6. The van der Waals surface area contributed by atoms with Crippen LogP contribution < -0.4 is 26.6 Å². The number of carbonyl (C=O) groups excluding carboxylic acids is 1. The second kappa shape index (κ2) is 9.91. The van der Waals surface area contributed by atoms with Gasteiger partial charge in [0.25, 0.3) is 11.5 Å². The molecular weight excluding hydrogens is 432 g/mol. The van der Waals surface area contributed by atoms with Gasteiger partial charge < -0.3 is 15.4 Å². The molecule has 0 aliphatic heterocycles. The van der Waals surface area contributed by atoms with Gasteiger partial charge in [-0.2, -0.15) is 0 Å². The fourth-order valence-corrected chi connectivity index (χ4v) is 3.66. The molecule has 3 aromatic carbocycles. The molecule has 0 saturated heterocycles. The molecule has 0 atom stereocenters. The number of hydrogen-bond donors (Lipinski definition) is 2. The Balaban J connectivity index is 1.75. The monoisotopic (exact) mass is 456 g/mol. The molecule has 0 radical (unpaired) electrons. The number of benzene rings is 3. The van der Waals surface area contributed by atoms with E-state index < -0.39 is 17.2 Å². The minimum Gasteiger partial charge on any atom is -0.457 e. The summed E-state index contributed by atoms with van der Waals surface area (Å²) >= 11 is 0. The van der Waals surface area contributed by atoms with Crippen molar-refractivity contribution < 1.29 is 9.53 Å². The Morgan fingerprint density at radius 2 is 1.56 bits per heavy atom. The van der Waals surface area contributed by atoms with Gasteiger partial charge in [-0.3, -0.25) is 19.1 Å². The molecule has 8 nitrogen and oxygen atoms in total. The Morgan fingerprint density at radius 3 is 2.24 bits per heavy atom. The van der Waals surface area contributed by atoms with Crippen LogP contribution in [-0.4, -0.2) is 22.0 Å². The van der Waals surface area contributed by atoms with Crippen molar-refractivity contribution >= 4 is 17.4 Å². The molecule has 0 aliphatic carbocycles. The highest BCUT2D eigenvalue weighted by atomic mass is 16.5. The highest BCUT2D eigenvalue weighted by molar-refractivity contribution is 6.09. The van der Waals surface area contributed by atoms with Crippen molar-refractivity contribution in [3.8, 4) is 11.5 Å². The Bertz CT molecular complexity index is 1410. The molecule has 172 valence electrons. The number of ether oxygens (including phenoxy) is 1. The fraction of sp³-hybridized carbons (Fsp3) is 0.115. The average molecular weight is 457 g/mol. The number of H-pyrrole nitrogens is 1. The van der Waals surface area contributed by atoms with Crippen LogP contribution in [0.2, 0.25) is 0 Å². The molecule has 1 heterocycles. The summed E-state index contributed by atoms with van der Waals surface area (Å²) in [4.78, 5) is 42.5. The van der Waals surface area contributed by atoms with Crippen LogP contribution in [0.4, 0.5) is 11.5 Å². The van der Waals surface area contributed by atoms with E-state index in [1.165, 1.54) is 9.47 Å². The van der Waals surface area contributed by atoms with E-state index in [0.29, 0.717) is 11.5 Å². The van der Waals surface area contributed by atoms with Gasteiger partial charge in [-0.1, -0.05) is 60.7 Å². The van der Waals surface area contributed by atoms with Gasteiger partial charge in [-0.25, -0.2) is 4.79 Å². The van der Waals surface area contributed by atoms with E-state index in [-0.39, 0.29) is 30.2 Å². The number of nitrogens with two attached hydrogens (primary N) is 1. The molecule has 0 fully saturated rings. The van der Waals surface area contributed by atoms with E-state index in [0.717, 1.165) is 5.56 Å². The molecule has 3 N–H and O–H groups in total. The van der Waals surface area contributed by atoms with E-state index in [2.05, 4.69) is 4.98 Å². The molecule has 0 aliphatic rings. The SMILES string of the molecule is CCN(C(=O)c1ccccc1Oc1ccccc1)c1c(N)n(Cc2ccccc2)c(=O)[nH]c1=O. The highest BCUT2D eigenvalue weighted by Gasteiger charge is 2.26. The summed E-state index contributed by atoms with van der Waals surface area (Å²) in [5.41, 5.74) is 5.92. The highest BCUT2D eigenvalue weighted by Crippen LogP contribution is 2.28. The number of amides is 1. The first-order chi connectivity index (χ1) is 16.5. The van der Waals surface area contributed by atoms with E-state index in [1.54, 1.807) is 43.3 Å². The molecule has 34 heavy (non-hydrogen) atoms. The number of nitrogen functional groups attached to an aromatic ring is 1. The Labute approximate surface area is 195 Å². The topological polar surface area (TPSA) is 110 Å². The number of rotatable bonds is 7. The first-order valence-electron chi connectivity index (χ1n) is 10.8. The van der Waals surface area contributed by atoms with Crippen LogP contribution in [0, 0.1) is 0 Å². The third kappa shape index (κ3) is 4.61. The minimum absolute atomic E-state index is 0.0856. The lowest BCUT2D eigenvalue weighted by atomic mass is 10.1. The number of nitrogens with one attached hydrogen (secondary N) is 1. The lowest BCUT2D eigenvalue weighted by molar-refractivity contribution is 0.0985. The zero-order valence-corrected chi connectivity index (χ0v) is 18.6. The zero-order valence-electron chi connectivity index (χ0n) is 18.6. The summed E-state index contributed by atoms with van der Waals surface area (Å²) in [5.74, 6) is 0.342. The standard InChI is InChI=1S/C26H24N4O4/c1-2-29(25(32)20-15-9-10-16-21(20)34-19-13-7-4-8-14-19)22-23(27)30(26(33)28-24(22)31)17-18-11-5-3-6-12-18/h3-16H,2,17,27H2,1H3,(H,28,31,33). The van der Waals surface area contributed by atoms with Crippen molar-refractivity contribution in [2.45, 2.75) is 13.5 Å². The van der Waals surface area contributed by atoms with Gasteiger partial charge in [0.2, 0.25) is 0 Å². The largest absolute Gasteiger partial charge is 0.457 e. The van der Waals surface area contributed by atoms with Crippen molar-refractivity contribution in [3.05, 3.63) is 117 Å². The van der Waals surface area contributed by atoms with Crippen molar-refractivity contribution in [2.24, 2.45) is 0 Å². The molecule has 1 amide bonds. The molecule has 0 unspecified atom stereocenters. The van der Waals surface area contributed by atoms with Crippen LogP contribution in [0.1, 0.15) is 22.8 Å². The smallest absolute Gasteiger partial charge is 0.330 e. The van der Waals surface area contributed by atoms with Gasteiger partial charge in [-0.05, 0) is 36.8 Å². The molecule has 0 bridgehead atoms. The summed E-state index contributed by atoms with van der Waals surface area (Å²) in [5, 5.41) is 0. The first-order valence-corrected chi connectivity index (χ1v) is 10.8. The van der Waals surface area contributed by atoms with E-state index >= 15 is 0 Å². The summed E-state index contributed by atoms with van der Waals surface area (Å²) in [7, 11) is 0. The first kappa shape index (κ1) is 22.6. The molecule has 0 spiro atoms. The summed E-state index contributed by atoms with van der Waals surface area (Å²) in [6.45, 7) is 2.02. The third-order valence-corrected chi connectivity index (χ3v) is 5.32. The quantitative estimate of drug-likeness (QED) is 0.441. The zero-order chi connectivity index (χ0) is 24.1. The summed E-state index contributed by atoms with van der Waals surface area (Å²) in [6.07, 6.45) is 0. The van der Waals surface area contributed by atoms with Crippen LogP contribution in [0.15, 0.2) is 94.5 Å². The van der Waals surface area contributed by atoms with Gasteiger partial charge in [-0.15, -0.1) is 0 Å². The number of aromatic amines is 1. The Hall–Kier alpha value is -4.59. The van der Waals surface area contributed by atoms with Gasteiger partial charge in [0.1, 0.15) is 17.3 Å². The fourth-order valence-electron chi connectivity index (χ4n) is 3.66. The molecule has 8 heteroatoms. The maximum atomic E-state index is 13.6. The van der Waals surface area contributed by atoms with Crippen LogP contribution in [-0.2, 0) is 6.54 Å². The average Bonchev–Trinajstić information content (AvgIpc) is 2.85. The van der Waals surface area contributed by atoms with Gasteiger partial charge in [0, 0.05) is 6.54 Å². The summed E-state index contributed by atoms with van der Waals surface area (Å²) in [6, 6.07) is 25.1. The lowest BCUT2D eigenvalue weighted by Crippen LogP contribution is -2.41. The van der Waals surface area contributed by atoms with E-state index in [4.69, 9.17) is 10.5 Å². The number of anilines is 2. The lowest BCUT2D eigenvalue weighted by Gasteiger charge is -2.24. The van der Waals surface area contributed by atoms with Crippen molar-refractivity contribution in [1.29, 1.82) is 0 Å². The van der Waals surface area contributed by atoms with Crippen molar-refractivity contribution in [3.63, 3.8) is 0 Å². The maximum Gasteiger partial charge on any atom is 0.330 e. The maximum absolute atomic E-state index is 13.6. The molecule has 1 aromatic heterocycles. The van der Waals surface area contributed by atoms with Crippen LogP contribution in [0.5, 0.6) is 11.5 Å². The Kier molecular flexibility index (Phi) is 6.59. The predicted octanol–water partition coefficient (Wildman–Crippen LogP) is 3.63. The molecule has 4 rings (SSSR count). The van der Waals surface area contributed by atoms with Crippen LogP contribution in [0.3, 0.4) is 0 Å². The number of hydrogen-bond acceptors (Lipinski definition) is 5. The predicted molar refractivity (Wildman–Crippen MR) is 132 cm³/mol. The number of para-hydroxylation sites is 2. The minimum atomic E-state index is -0.733. The molecule has 0 saturated carbocycles. The molecule has 4 aromatic rings. The molecular formula is C26H24N4O4. The van der Waals surface area contributed by atoms with E-state index in [1.807, 2.05) is 48.5 Å². The van der Waals surface area contributed by atoms with Gasteiger partial charge in [0.05, 0.1) is 12.1 Å². The second-order valence-electron chi connectivity index (χ2n) is 7.53. The number of nitrogens with zero attached hydrogens (tertiary/aromatic N) is 2.